The highest BCUT2D eigenvalue weighted by molar-refractivity contribution is 7.89. The predicted molar refractivity (Wildman–Crippen MR) is 99.9 cm³/mol. The summed E-state index contributed by atoms with van der Waals surface area (Å²) >= 11 is 0. The topological polar surface area (TPSA) is 115 Å². The molecule has 2 aromatic carbocycles. The van der Waals surface area contributed by atoms with Crippen LogP contribution in [0.2, 0.25) is 0 Å². The number of rotatable bonds is 6. The monoisotopic (exact) mass is 385 g/mol. The van der Waals surface area contributed by atoms with Gasteiger partial charge in [0.05, 0.1) is 16.0 Å². The predicted octanol–water partition coefficient (Wildman–Crippen LogP) is 3.48. The first kappa shape index (κ1) is 18.3. The average molecular weight is 385 g/mol. The van der Waals surface area contributed by atoms with Gasteiger partial charge >= 0.3 is 0 Å². The third kappa shape index (κ3) is 4.39. The molecule has 0 aliphatic rings. The minimum Gasteiger partial charge on any atom is -0.455 e. The van der Waals surface area contributed by atoms with E-state index in [1.54, 1.807) is 36.4 Å². The second-order valence-corrected chi connectivity index (χ2v) is 7.34. The summed E-state index contributed by atoms with van der Waals surface area (Å²) in [5, 5.41) is 14.5. The van der Waals surface area contributed by atoms with Gasteiger partial charge in [-0.3, -0.25) is 10.1 Å². The summed E-state index contributed by atoms with van der Waals surface area (Å²) < 4.78 is 29.8. The van der Waals surface area contributed by atoms with E-state index in [2.05, 4.69) is 9.93 Å². The molecule has 0 atom stereocenters. The zero-order chi connectivity index (χ0) is 19.4. The van der Waals surface area contributed by atoms with Gasteiger partial charge in [-0.15, -0.1) is 0 Å². The van der Waals surface area contributed by atoms with Gasteiger partial charge in [0.2, 0.25) is 0 Å². The Kier molecular flexibility index (Phi) is 5.04. The summed E-state index contributed by atoms with van der Waals surface area (Å²) in [4.78, 5) is 12.6. The minimum absolute atomic E-state index is 0.0509. The maximum Gasteiger partial charge on any atom is 0.276 e. The maximum atomic E-state index is 12.1. The van der Waals surface area contributed by atoms with Gasteiger partial charge in [-0.2, -0.15) is 18.4 Å². The van der Waals surface area contributed by atoms with E-state index in [9.17, 15) is 18.5 Å². The summed E-state index contributed by atoms with van der Waals surface area (Å²) in [6.07, 6.45) is 1.21. The van der Waals surface area contributed by atoms with Gasteiger partial charge in [-0.25, -0.2) is 0 Å². The first-order valence-electron chi connectivity index (χ1n) is 7.81. The van der Waals surface area contributed by atoms with Gasteiger partial charge in [0.1, 0.15) is 11.5 Å². The lowest BCUT2D eigenvalue weighted by Crippen LogP contribution is -2.18. The number of nitrogens with zero attached hydrogens (tertiary/aromatic N) is 2. The fourth-order valence-electron chi connectivity index (χ4n) is 2.28. The molecule has 0 saturated carbocycles. The lowest BCUT2D eigenvalue weighted by molar-refractivity contribution is -0.384. The van der Waals surface area contributed by atoms with E-state index in [1.165, 1.54) is 30.5 Å². The van der Waals surface area contributed by atoms with E-state index in [0.29, 0.717) is 17.1 Å². The molecular formula is C18H15N3O5S. The number of non-ortho nitro benzene ring substituents is 1. The Hall–Kier alpha value is -3.46. The fourth-order valence-corrected chi connectivity index (χ4v) is 3.07. The molecule has 9 heteroatoms. The number of nitro benzene ring substituents is 1. The number of nitrogens with one attached hydrogen (secondary N) is 1. The Labute approximate surface area is 155 Å². The summed E-state index contributed by atoms with van der Waals surface area (Å²) in [5.41, 5.74) is 1.43. The zero-order valence-corrected chi connectivity index (χ0v) is 15.0. The minimum atomic E-state index is -3.77. The third-order valence-corrected chi connectivity index (χ3v) is 4.90. The number of furan rings is 1. The number of sulfonamides is 1. The van der Waals surface area contributed by atoms with Gasteiger partial charge in [0.15, 0.2) is 0 Å². The largest absolute Gasteiger partial charge is 0.455 e. The second kappa shape index (κ2) is 7.42. The molecule has 0 bridgehead atoms. The van der Waals surface area contributed by atoms with Crippen molar-refractivity contribution in [3.63, 3.8) is 0 Å². The highest BCUT2D eigenvalue weighted by Crippen LogP contribution is 2.25. The van der Waals surface area contributed by atoms with Crippen LogP contribution < -0.4 is 4.83 Å². The van der Waals surface area contributed by atoms with E-state index in [-0.39, 0.29) is 10.6 Å². The highest BCUT2D eigenvalue weighted by atomic mass is 32.2. The SMILES string of the molecule is Cc1ccc(S(=O)(=O)N/N=C\c2ccc(-c3cccc([N+](=O)[O-])c3)o2)cc1. The van der Waals surface area contributed by atoms with Crippen molar-refractivity contribution in [2.75, 3.05) is 0 Å². The number of hydrogen-bond acceptors (Lipinski definition) is 6. The molecule has 0 aliphatic carbocycles. The molecule has 0 spiro atoms. The fraction of sp³-hybridized carbons (Fsp3) is 0.0556. The molecule has 0 unspecified atom stereocenters. The average Bonchev–Trinajstić information content (AvgIpc) is 3.11. The molecular weight excluding hydrogens is 370 g/mol. The smallest absolute Gasteiger partial charge is 0.276 e. The highest BCUT2D eigenvalue weighted by Gasteiger charge is 2.12. The van der Waals surface area contributed by atoms with Gasteiger partial charge in [-0.05, 0) is 31.2 Å². The Balaban J connectivity index is 1.73. The molecule has 0 aliphatic heterocycles. The molecule has 138 valence electrons. The molecule has 3 aromatic rings. The normalized spacial score (nSPS) is 11.6. The van der Waals surface area contributed by atoms with Crippen LogP contribution in [0.3, 0.4) is 0 Å². The van der Waals surface area contributed by atoms with Gasteiger partial charge in [0, 0.05) is 17.7 Å². The van der Waals surface area contributed by atoms with Crippen LogP contribution in [0.1, 0.15) is 11.3 Å². The van der Waals surface area contributed by atoms with Crippen LogP contribution in [0, 0.1) is 17.0 Å². The molecule has 8 nitrogen and oxygen atoms in total. The summed E-state index contributed by atoms with van der Waals surface area (Å²) in [5.74, 6) is 0.699. The molecule has 0 amide bonds. The van der Waals surface area contributed by atoms with E-state index < -0.39 is 14.9 Å². The van der Waals surface area contributed by atoms with E-state index in [0.717, 1.165) is 5.56 Å². The van der Waals surface area contributed by atoms with Crippen molar-refractivity contribution in [1.29, 1.82) is 0 Å². The number of aryl methyl sites for hydroxylation is 1. The summed E-state index contributed by atoms with van der Waals surface area (Å²) in [6.45, 7) is 1.86. The number of hydrazone groups is 1. The lowest BCUT2D eigenvalue weighted by Gasteiger charge is -2.03. The molecule has 1 N–H and O–H groups in total. The molecule has 0 saturated heterocycles. The molecule has 1 aromatic heterocycles. The summed E-state index contributed by atoms with van der Waals surface area (Å²) in [6, 6.07) is 15.6. The lowest BCUT2D eigenvalue weighted by atomic mass is 10.1. The van der Waals surface area contributed by atoms with Gasteiger partial charge in [-0.1, -0.05) is 29.8 Å². The van der Waals surface area contributed by atoms with Crippen LogP contribution >= 0.6 is 0 Å². The Morgan fingerprint density at radius 1 is 1.11 bits per heavy atom. The third-order valence-electron chi connectivity index (χ3n) is 3.66. The van der Waals surface area contributed by atoms with Crippen molar-refractivity contribution in [1.82, 2.24) is 4.83 Å². The Morgan fingerprint density at radius 2 is 1.85 bits per heavy atom. The number of nitro groups is 1. The van der Waals surface area contributed by atoms with Gasteiger partial charge in [0.25, 0.3) is 15.7 Å². The maximum absolute atomic E-state index is 12.1. The molecule has 0 radical (unpaired) electrons. The van der Waals surface area contributed by atoms with Crippen molar-refractivity contribution in [2.24, 2.45) is 5.10 Å². The number of hydrogen-bond donors (Lipinski definition) is 1. The quantitative estimate of drug-likeness (QED) is 0.396. The van der Waals surface area contributed by atoms with Crippen LogP contribution in [0.25, 0.3) is 11.3 Å². The van der Waals surface area contributed by atoms with Crippen molar-refractivity contribution < 1.29 is 17.8 Å². The zero-order valence-electron chi connectivity index (χ0n) is 14.2. The van der Waals surface area contributed by atoms with Crippen LogP contribution in [0.5, 0.6) is 0 Å². The van der Waals surface area contributed by atoms with Crippen molar-refractivity contribution in [3.05, 3.63) is 82.1 Å². The van der Waals surface area contributed by atoms with Crippen molar-refractivity contribution in [3.8, 4) is 11.3 Å². The summed E-state index contributed by atoms with van der Waals surface area (Å²) in [7, 11) is -3.77. The number of benzene rings is 2. The first-order valence-corrected chi connectivity index (χ1v) is 9.30. The molecule has 1 heterocycles. The molecule has 0 fully saturated rings. The Bertz CT molecular complexity index is 1100. The van der Waals surface area contributed by atoms with Crippen LogP contribution in [0.15, 0.2) is 75.1 Å². The standard InChI is InChI=1S/C18H15N3O5S/c1-13-5-8-17(9-6-13)27(24,25)20-19-12-16-7-10-18(26-16)14-3-2-4-15(11-14)21(22)23/h2-12,20H,1H3/b19-12-. The first-order chi connectivity index (χ1) is 12.8. The van der Waals surface area contributed by atoms with Crippen molar-refractivity contribution >= 4 is 21.9 Å². The molecule has 3 rings (SSSR count). The second-order valence-electron chi connectivity index (χ2n) is 5.68. The molecule has 27 heavy (non-hydrogen) atoms. The Morgan fingerprint density at radius 3 is 2.56 bits per heavy atom. The van der Waals surface area contributed by atoms with Gasteiger partial charge < -0.3 is 4.42 Å². The van der Waals surface area contributed by atoms with E-state index in [1.807, 2.05) is 6.92 Å². The van der Waals surface area contributed by atoms with Crippen LogP contribution in [-0.2, 0) is 10.0 Å². The van der Waals surface area contributed by atoms with Crippen LogP contribution in [-0.4, -0.2) is 19.6 Å². The van der Waals surface area contributed by atoms with Crippen molar-refractivity contribution in [2.45, 2.75) is 11.8 Å². The van der Waals surface area contributed by atoms with E-state index in [4.69, 9.17) is 4.42 Å². The van der Waals surface area contributed by atoms with Crippen LogP contribution in [0.4, 0.5) is 5.69 Å². The van der Waals surface area contributed by atoms with E-state index >= 15 is 0 Å².